The highest BCUT2D eigenvalue weighted by molar-refractivity contribution is 7.92. The van der Waals surface area contributed by atoms with E-state index in [9.17, 15) is 8.42 Å². The molecule has 2 aromatic rings. The van der Waals surface area contributed by atoms with E-state index in [-0.39, 0.29) is 12.4 Å². The Kier molecular flexibility index (Phi) is 5.66. The summed E-state index contributed by atoms with van der Waals surface area (Å²) < 4.78 is 32.3. The highest BCUT2D eigenvalue weighted by Crippen LogP contribution is 2.16. The fourth-order valence-electron chi connectivity index (χ4n) is 2.35. The molecule has 0 aromatic heterocycles. The number of anilines is 1. The summed E-state index contributed by atoms with van der Waals surface area (Å²) in [6.07, 6.45) is 0.967. The molecule has 0 saturated heterocycles. The Morgan fingerprint density at radius 3 is 2.17 bits per heavy atom. The summed E-state index contributed by atoms with van der Waals surface area (Å²) >= 11 is 0. The van der Waals surface area contributed by atoms with Crippen molar-refractivity contribution in [2.45, 2.75) is 27.2 Å². The van der Waals surface area contributed by atoms with Gasteiger partial charge >= 0.3 is 0 Å². The molecule has 0 fully saturated rings. The van der Waals surface area contributed by atoms with Gasteiger partial charge in [-0.2, -0.15) is 0 Å². The molecule has 0 spiro atoms. The van der Waals surface area contributed by atoms with Crippen molar-refractivity contribution in [3.63, 3.8) is 0 Å². The minimum atomic E-state index is -3.43. The molecule has 2 aromatic carbocycles. The highest BCUT2D eigenvalue weighted by Gasteiger charge is 2.11. The van der Waals surface area contributed by atoms with Crippen LogP contribution in [0.25, 0.3) is 0 Å². The number of rotatable bonds is 7. The number of hydrogen-bond donors (Lipinski definition) is 1. The van der Waals surface area contributed by atoms with Crippen LogP contribution in [0.15, 0.2) is 42.5 Å². The van der Waals surface area contributed by atoms with Crippen molar-refractivity contribution >= 4 is 15.7 Å². The van der Waals surface area contributed by atoms with E-state index in [0.29, 0.717) is 11.4 Å². The molecule has 0 heterocycles. The molecule has 4 nitrogen and oxygen atoms in total. The summed E-state index contributed by atoms with van der Waals surface area (Å²) in [5.74, 6) is 0.596. The first kappa shape index (κ1) is 17.3. The van der Waals surface area contributed by atoms with Crippen LogP contribution in [0.2, 0.25) is 0 Å². The van der Waals surface area contributed by atoms with Gasteiger partial charge < -0.3 is 4.74 Å². The van der Waals surface area contributed by atoms with E-state index < -0.39 is 10.0 Å². The third-order valence-corrected chi connectivity index (χ3v) is 4.70. The molecule has 0 amide bonds. The molecule has 0 aliphatic rings. The van der Waals surface area contributed by atoms with Gasteiger partial charge in [-0.25, -0.2) is 8.42 Å². The lowest BCUT2D eigenvalue weighted by atomic mass is 10.1. The van der Waals surface area contributed by atoms with Crippen LogP contribution in [0, 0.1) is 13.8 Å². The lowest BCUT2D eigenvalue weighted by Gasteiger charge is -2.11. The van der Waals surface area contributed by atoms with E-state index in [1.165, 1.54) is 5.56 Å². The van der Waals surface area contributed by atoms with E-state index >= 15 is 0 Å². The molecule has 0 bridgehead atoms. The summed E-state index contributed by atoms with van der Waals surface area (Å²) in [6, 6.07) is 13.3. The zero-order valence-electron chi connectivity index (χ0n) is 13.8. The molecule has 23 heavy (non-hydrogen) atoms. The quantitative estimate of drug-likeness (QED) is 0.841. The maximum Gasteiger partial charge on any atom is 0.236 e. The Balaban J connectivity index is 1.90. The third-order valence-electron chi connectivity index (χ3n) is 3.45. The molecule has 5 heteroatoms. The Morgan fingerprint density at radius 1 is 1.00 bits per heavy atom. The van der Waals surface area contributed by atoms with E-state index in [2.05, 4.69) is 11.6 Å². The van der Waals surface area contributed by atoms with Crippen LogP contribution >= 0.6 is 0 Å². The van der Waals surface area contributed by atoms with Crippen molar-refractivity contribution in [3.8, 4) is 5.75 Å². The van der Waals surface area contributed by atoms with Crippen LogP contribution in [0.4, 0.5) is 5.69 Å². The maximum atomic E-state index is 12.1. The Hall–Kier alpha value is -2.01. The second kappa shape index (κ2) is 7.51. The number of ether oxygens (including phenoxy) is 1. The third kappa shape index (κ3) is 5.60. The van der Waals surface area contributed by atoms with Gasteiger partial charge in [-0.05, 0) is 61.2 Å². The molecular weight excluding hydrogens is 310 g/mol. The van der Waals surface area contributed by atoms with Crippen LogP contribution in [-0.2, 0) is 16.4 Å². The minimum Gasteiger partial charge on any atom is -0.492 e. The molecule has 0 radical (unpaired) electrons. The number of benzene rings is 2. The largest absolute Gasteiger partial charge is 0.492 e. The van der Waals surface area contributed by atoms with Crippen molar-refractivity contribution in [1.82, 2.24) is 0 Å². The van der Waals surface area contributed by atoms with Crippen molar-refractivity contribution in [3.05, 3.63) is 59.2 Å². The van der Waals surface area contributed by atoms with Crippen molar-refractivity contribution < 1.29 is 13.2 Å². The monoisotopic (exact) mass is 333 g/mol. The van der Waals surface area contributed by atoms with E-state index in [0.717, 1.165) is 17.5 Å². The average molecular weight is 333 g/mol. The molecule has 0 aliphatic heterocycles. The van der Waals surface area contributed by atoms with Gasteiger partial charge in [0.15, 0.2) is 0 Å². The van der Waals surface area contributed by atoms with Gasteiger partial charge in [-0.1, -0.05) is 25.1 Å². The molecule has 0 saturated carbocycles. The first-order chi connectivity index (χ1) is 10.9. The van der Waals surface area contributed by atoms with Gasteiger partial charge in [0.2, 0.25) is 10.0 Å². The average Bonchev–Trinajstić information content (AvgIpc) is 2.46. The lowest BCUT2D eigenvalue weighted by Crippen LogP contribution is -2.21. The molecular formula is C18H23NO3S. The topological polar surface area (TPSA) is 55.4 Å². The molecule has 2 rings (SSSR count). The molecule has 0 aliphatic carbocycles. The molecule has 1 N–H and O–H groups in total. The zero-order valence-corrected chi connectivity index (χ0v) is 14.6. The van der Waals surface area contributed by atoms with E-state index in [4.69, 9.17) is 4.74 Å². The van der Waals surface area contributed by atoms with Gasteiger partial charge in [0.1, 0.15) is 18.1 Å². The Bertz CT molecular complexity index is 732. The fourth-order valence-corrected chi connectivity index (χ4v) is 3.24. The summed E-state index contributed by atoms with van der Waals surface area (Å²) in [4.78, 5) is 0. The van der Waals surface area contributed by atoms with Gasteiger partial charge in [0.25, 0.3) is 0 Å². The fraction of sp³-hybridized carbons (Fsp3) is 0.333. The first-order valence-electron chi connectivity index (χ1n) is 7.68. The van der Waals surface area contributed by atoms with Crippen LogP contribution in [0.1, 0.15) is 23.6 Å². The van der Waals surface area contributed by atoms with Crippen LogP contribution in [0.3, 0.4) is 0 Å². The van der Waals surface area contributed by atoms with Crippen LogP contribution in [0.5, 0.6) is 5.75 Å². The standard InChI is InChI=1S/C18H23NO3S/c1-4-16-5-7-18(8-6-16)22-9-10-23(20,21)19-17-12-14(2)11-15(3)13-17/h5-8,11-13,19H,4,9-10H2,1-3H3. The van der Waals surface area contributed by atoms with Crippen LogP contribution in [-0.4, -0.2) is 20.8 Å². The van der Waals surface area contributed by atoms with Gasteiger partial charge in [0, 0.05) is 5.69 Å². The van der Waals surface area contributed by atoms with Crippen molar-refractivity contribution in [1.29, 1.82) is 0 Å². The Labute approximate surface area is 138 Å². The minimum absolute atomic E-state index is 0.0878. The van der Waals surface area contributed by atoms with Crippen LogP contribution < -0.4 is 9.46 Å². The summed E-state index contributed by atoms with van der Waals surface area (Å²) in [7, 11) is -3.43. The summed E-state index contributed by atoms with van der Waals surface area (Å²) in [5.41, 5.74) is 3.86. The normalized spacial score (nSPS) is 11.3. The molecule has 0 unspecified atom stereocenters. The first-order valence-corrected chi connectivity index (χ1v) is 9.34. The van der Waals surface area contributed by atoms with E-state index in [1.54, 1.807) is 0 Å². The predicted octanol–water partition coefficient (Wildman–Crippen LogP) is 3.69. The molecule has 124 valence electrons. The number of nitrogens with one attached hydrogen (secondary N) is 1. The second-order valence-corrected chi connectivity index (χ2v) is 7.49. The smallest absolute Gasteiger partial charge is 0.236 e. The summed E-state index contributed by atoms with van der Waals surface area (Å²) in [5, 5.41) is 0. The Morgan fingerprint density at radius 2 is 1.61 bits per heavy atom. The second-order valence-electron chi connectivity index (χ2n) is 5.64. The predicted molar refractivity (Wildman–Crippen MR) is 94.6 cm³/mol. The SMILES string of the molecule is CCc1ccc(OCCS(=O)(=O)Nc2cc(C)cc(C)c2)cc1. The van der Waals surface area contributed by atoms with Gasteiger partial charge in [-0.3, -0.25) is 4.72 Å². The van der Waals surface area contributed by atoms with Crippen molar-refractivity contribution in [2.24, 2.45) is 0 Å². The number of aryl methyl sites for hydroxylation is 3. The summed E-state index contributed by atoms with van der Waals surface area (Å²) in [6.45, 7) is 6.08. The van der Waals surface area contributed by atoms with Gasteiger partial charge in [0.05, 0.1) is 0 Å². The van der Waals surface area contributed by atoms with E-state index in [1.807, 2.05) is 56.3 Å². The highest BCUT2D eigenvalue weighted by atomic mass is 32.2. The molecule has 0 atom stereocenters. The van der Waals surface area contributed by atoms with Crippen molar-refractivity contribution in [2.75, 3.05) is 17.1 Å². The maximum absolute atomic E-state index is 12.1. The number of hydrogen-bond acceptors (Lipinski definition) is 3. The van der Waals surface area contributed by atoms with Gasteiger partial charge in [-0.15, -0.1) is 0 Å². The zero-order chi connectivity index (χ0) is 16.9. The number of sulfonamides is 1. The lowest BCUT2D eigenvalue weighted by molar-refractivity contribution is 0.341.